The van der Waals surface area contributed by atoms with Crippen molar-refractivity contribution in [3.05, 3.63) is 57.8 Å². The Balaban J connectivity index is 2.16. The van der Waals surface area contributed by atoms with E-state index >= 15 is 0 Å². The molecule has 0 heterocycles. The number of methoxy groups -OCH3 is 1. The van der Waals surface area contributed by atoms with E-state index in [-0.39, 0.29) is 12.4 Å². The molecule has 2 aromatic rings. The summed E-state index contributed by atoms with van der Waals surface area (Å²) in [4.78, 5) is 0. The van der Waals surface area contributed by atoms with Crippen molar-refractivity contribution in [3.63, 3.8) is 0 Å². The molecule has 0 unspecified atom stereocenters. The van der Waals surface area contributed by atoms with Gasteiger partial charge in [0.25, 0.3) is 0 Å². The smallest absolute Gasteiger partial charge is 0.161 e. The van der Waals surface area contributed by atoms with Crippen molar-refractivity contribution in [2.75, 3.05) is 7.11 Å². The van der Waals surface area contributed by atoms with Crippen LogP contribution in [0.15, 0.2) is 40.9 Å². The molecule has 0 saturated heterocycles. The van der Waals surface area contributed by atoms with Crippen molar-refractivity contribution in [2.24, 2.45) is 0 Å². The lowest BCUT2D eigenvalue weighted by Gasteiger charge is -2.12. The monoisotopic (exact) mass is 358 g/mol. The molecule has 0 amide bonds. The number of rotatable bonds is 5. The van der Waals surface area contributed by atoms with Gasteiger partial charge in [-0.25, -0.2) is 4.39 Å². The van der Waals surface area contributed by atoms with Gasteiger partial charge in [0, 0.05) is 11.4 Å². The Morgan fingerprint density at radius 1 is 1.20 bits per heavy atom. The first-order chi connectivity index (χ1) is 9.65. The number of hydrogen-bond acceptors (Lipinski definition) is 2. The fourth-order valence-electron chi connectivity index (χ4n) is 1.73. The molecule has 2 nitrogen and oxygen atoms in total. The molecule has 0 bridgehead atoms. The van der Waals surface area contributed by atoms with Gasteiger partial charge in [0.1, 0.15) is 12.4 Å². The summed E-state index contributed by atoms with van der Waals surface area (Å²) < 4.78 is 24.8. The Morgan fingerprint density at radius 3 is 2.70 bits per heavy atom. The molecule has 0 fully saturated rings. The van der Waals surface area contributed by atoms with Crippen molar-refractivity contribution in [2.45, 2.75) is 12.5 Å². The minimum Gasteiger partial charge on any atom is -0.493 e. The van der Waals surface area contributed by atoms with Gasteiger partial charge >= 0.3 is 0 Å². The zero-order chi connectivity index (χ0) is 14.5. The van der Waals surface area contributed by atoms with Gasteiger partial charge < -0.3 is 9.47 Å². The molecule has 0 N–H and O–H groups in total. The minimum absolute atomic E-state index is 0.245. The number of alkyl halides is 1. The van der Waals surface area contributed by atoms with Crippen LogP contribution in [0.5, 0.6) is 11.5 Å². The second kappa shape index (κ2) is 6.95. The Labute approximate surface area is 130 Å². The van der Waals surface area contributed by atoms with E-state index in [1.807, 2.05) is 12.1 Å². The van der Waals surface area contributed by atoms with Gasteiger partial charge in [0.2, 0.25) is 0 Å². The van der Waals surface area contributed by atoms with Crippen LogP contribution in [0, 0.1) is 5.82 Å². The van der Waals surface area contributed by atoms with Gasteiger partial charge in [-0.05, 0) is 39.7 Å². The molecule has 0 radical (unpaired) electrons. The van der Waals surface area contributed by atoms with E-state index in [0.29, 0.717) is 21.9 Å². The van der Waals surface area contributed by atoms with Gasteiger partial charge in [-0.15, -0.1) is 11.6 Å². The first-order valence-corrected chi connectivity index (χ1v) is 7.27. The summed E-state index contributed by atoms with van der Waals surface area (Å²) in [5.41, 5.74) is 1.68. The number of ether oxygens (including phenoxy) is 2. The van der Waals surface area contributed by atoms with E-state index in [2.05, 4.69) is 15.9 Å². The highest BCUT2D eigenvalue weighted by atomic mass is 79.9. The number of benzene rings is 2. The zero-order valence-electron chi connectivity index (χ0n) is 10.8. The molecule has 0 aromatic heterocycles. The van der Waals surface area contributed by atoms with Crippen LogP contribution in [0.3, 0.4) is 0 Å². The maximum atomic E-state index is 13.4. The van der Waals surface area contributed by atoms with Crippen LogP contribution in [-0.4, -0.2) is 7.11 Å². The minimum atomic E-state index is -0.310. The second-order valence-electron chi connectivity index (χ2n) is 4.12. The lowest BCUT2D eigenvalue weighted by molar-refractivity contribution is 0.283. The third-order valence-electron chi connectivity index (χ3n) is 2.80. The molecule has 0 aliphatic heterocycles. The highest BCUT2D eigenvalue weighted by molar-refractivity contribution is 9.10. The van der Waals surface area contributed by atoms with Crippen LogP contribution in [-0.2, 0) is 12.5 Å². The van der Waals surface area contributed by atoms with Crippen LogP contribution in [0.4, 0.5) is 4.39 Å². The molecule has 20 heavy (non-hydrogen) atoms. The second-order valence-corrected chi connectivity index (χ2v) is 5.18. The number of hydrogen-bond donors (Lipinski definition) is 0. The molecule has 2 rings (SSSR count). The summed E-state index contributed by atoms with van der Waals surface area (Å²) in [7, 11) is 1.57. The lowest BCUT2D eigenvalue weighted by Crippen LogP contribution is -2.00. The zero-order valence-corrected chi connectivity index (χ0v) is 13.2. The van der Waals surface area contributed by atoms with Crippen LogP contribution in [0.2, 0.25) is 0 Å². The van der Waals surface area contributed by atoms with Crippen LogP contribution >= 0.6 is 27.5 Å². The van der Waals surface area contributed by atoms with Gasteiger partial charge in [0.05, 0.1) is 11.6 Å². The van der Waals surface area contributed by atoms with E-state index in [1.165, 1.54) is 6.07 Å². The largest absolute Gasteiger partial charge is 0.493 e. The highest BCUT2D eigenvalue weighted by Gasteiger charge is 2.09. The predicted molar refractivity (Wildman–Crippen MR) is 81.0 cm³/mol. The molecule has 0 atom stereocenters. The fourth-order valence-corrected chi connectivity index (χ4v) is 2.27. The summed E-state index contributed by atoms with van der Waals surface area (Å²) in [6.45, 7) is 0.245. The molecule has 5 heteroatoms. The summed E-state index contributed by atoms with van der Waals surface area (Å²) in [6, 6.07) is 10.3. The SMILES string of the molecule is COc1cc(CCl)ccc1OCc1cccc(F)c1Br. The Morgan fingerprint density at radius 2 is 2.00 bits per heavy atom. The van der Waals surface area contributed by atoms with Gasteiger partial charge in [-0.1, -0.05) is 18.2 Å². The van der Waals surface area contributed by atoms with Crippen molar-refractivity contribution in [3.8, 4) is 11.5 Å². The first-order valence-electron chi connectivity index (χ1n) is 5.94. The van der Waals surface area contributed by atoms with Crippen LogP contribution < -0.4 is 9.47 Å². The van der Waals surface area contributed by atoms with Crippen molar-refractivity contribution in [1.29, 1.82) is 0 Å². The van der Waals surface area contributed by atoms with E-state index in [4.69, 9.17) is 21.1 Å². The molecule has 0 saturated carbocycles. The number of halogens is 3. The summed E-state index contributed by atoms with van der Waals surface area (Å²) in [5.74, 6) is 1.30. The topological polar surface area (TPSA) is 18.5 Å². The van der Waals surface area contributed by atoms with E-state index in [1.54, 1.807) is 25.3 Å². The standard InChI is InChI=1S/C15H13BrClFO2/c1-19-14-7-10(8-17)5-6-13(14)20-9-11-3-2-4-12(18)15(11)16/h2-7H,8-9H2,1H3. The van der Waals surface area contributed by atoms with E-state index in [9.17, 15) is 4.39 Å². The van der Waals surface area contributed by atoms with Crippen LogP contribution in [0.1, 0.15) is 11.1 Å². The average Bonchev–Trinajstić information content (AvgIpc) is 2.48. The molecular weight excluding hydrogens is 347 g/mol. The summed E-state index contributed by atoms with van der Waals surface area (Å²) in [5, 5.41) is 0. The molecule has 106 valence electrons. The normalized spacial score (nSPS) is 10.4. The summed E-state index contributed by atoms with van der Waals surface area (Å²) >= 11 is 8.98. The average molecular weight is 360 g/mol. The van der Waals surface area contributed by atoms with Gasteiger partial charge in [-0.3, -0.25) is 0 Å². The highest BCUT2D eigenvalue weighted by Crippen LogP contribution is 2.30. The molecule has 0 aliphatic carbocycles. The fraction of sp³-hybridized carbons (Fsp3) is 0.200. The first kappa shape index (κ1) is 15.1. The lowest BCUT2D eigenvalue weighted by atomic mass is 10.2. The van der Waals surface area contributed by atoms with Crippen molar-refractivity contribution < 1.29 is 13.9 Å². The summed E-state index contributed by atoms with van der Waals surface area (Å²) in [6.07, 6.45) is 0. The predicted octanol–water partition coefficient (Wildman–Crippen LogP) is 4.91. The Kier molecular flexibility index (Phi) is 5.26. The Bertz CT molecular complexity index is 604. The van der Waals surface area contributed by atoms with E-state index in [0.717, 1.165) is 11.1 Å². The van der Waals surface area contributed by atoms with Gasteiger partial charge in [-0.2, -0.15) is 0 Å². The third-order valence-corrected chi connectivity index (χ3v) is 3.99. The van der Waals surface area contributed by atoms with Gasteiger partial charge in [0.15, 0.2) is 11.5 Å². The molecular formula is C15H13BrClFO2. The molecule has 0 spiro atoms. The van der Waals surface area contributed by atoms with Crippen molar-refractivity contribution in [1.82, 2.24) is 0 Å². The van der Waals surface area contributed by atoms with Crippen molar-refractivity contribution >= 4 is 27.5 Å². The Hall–Kier alpha value is -1.26. The quantitative estimate of drug-likeness (QED) is 0.706. The molecule has 0 aliphatic rings. The maximum Gasteiger partial charge on any atom is 0.161 e. The van der Waals surface area contributed by atoms with E-state index < -0.39 is 0 Å². The maximum absolute atomic E-state index is 13.4. The third kappa shape index (κ3) is 3.44. The molecule has 2 aromatic carbocycles. The van der Waals surface area contributed by atoms with Crippen LogP contribution in [0.25, 0.3) is 0 Å².